The van der Waals surface area contributed by atoms with Gasteiger partial charge in [-0.2, -0.15) is 5.10 Å². The molecule has 1 heterocycles. The molecule has 0 spiro atoms. The predicted octanol–water partition coefficient (Wildman–Crippen LogP) is 1.56. The molecular weight excluding hydrogens is 234 g/mol. The maximum absolute atomic E-state index is 8.90. The van der Waals surface area contributed by atoms with Gasteiger partial charge in [0.15, 0.2) is 0 Å². The van der Waals surface area contributed by atoms with Crippen LogP contribution in [0.4, 0.5) is 0 Å². The van der Waals surface area contributed by atoms with Crippen LogP contribution in [0.3, 0.4) is 0 Å². The van der Waals surface area contributed by atoms with E-state index in [-0.39, 0.29) is 6.61 Å². The molecule has 0 fully saturated rings. The zero-order valence-corrected chi connectivity index (χ0v) is 12.0. The number of aromatic nitrogens is 2. The van der Waals surface area contributed by atoms with Crippen LogP contribution in [0.1, 0.15) is 25.1 Å². The fourth-order valence-corrected chi connectivity index (χ4v) is 2.60. The van der Waals surface area contributed by atoms with Crippen LogP contribution in [0.15, 0.2) is 5.03 Å². The quantitative estimate of drug-likeness (QED) is 0.728. The van der Waals surface area contributed by atoms with Crippen LogP contribution in [0.5, 0.6) is 0 Å². The Kier molecular flexibility index (Phi) is 6.02. The highest BCUT2D eigenvalue weighted by atomic mass is 32.2. The minimum absolute atomic E-state index is 0.202. The first-order valence-electron chi connectivity index (χ1n) is 6.03. The fourth-order valence-electron chi connectivity index (χ4n) is 1.69. The Morgan fingerprint density at radius 2 is 2.18 bits per heavy atom. The normalized spacial score (nSPS) is 11.4. The molecular formula is C12H23N3OS. The van der Waals surface area contributed by atoms with Crippen molar-refractivity contribution in [1.29, 1.82) is 0 Å². The van der Waals surface area contributed by atoms with Crippen molar-refractivity contribution >= 4 is 11.8 Å². The Hall–Kier alpha value is -0.520. The third-order valence-electron chi connectivity index (χ3n) is 2.47. The molecule has 4 nitrogen and oxygen atoms in total. The maximum Gasteiger partial charge on any atom is 0.0985 e. The van der Waals surface area contributed by atoms with Crippen LogP contribution < -0.4 is 5.32 Å². The van der Waals surface area contributed by atoms with Gasteiger partial charge in [-0.25, -0.2) is 0 Å². The standard InChI is InChI=1S/C12H23N3OS/c1-9(2)7-13-8-11-10(3)14-15(4)12(11)17-6-5-16/h9,13,16H,5-8H2,1-4H3. The molecule has 0 aliphatic rings. The summed E-state index contributed by atoms with van der Waals surface area (Å²) in [6.45, 7) is 8.50. The highest BCUT2D eigenvalue weighted by Gasteiger charge is 2.13. The van der Waals surface area contributed by atoms with Gasteiger partial charge in [-0.1, -0.05) is 13.8 Å². The van der Waals surface area contributed by atoms with Gasteiger partial charge in [0.25, 0.3) is 0 Å². The molecule has 0 bridgehead atoms. The molecule has 0 atom stereocenters. The van der Waals surface area contributed by atoms with Crippen molar-refractivity contribution in [1.82, 2.24) is 15.1 Å². The first-order chi connectivity index (χ1) is 8.06. The third-order valence-corrected chi connectivity index (χ3v) is 3.64. The second kappa shape index (κ2) is 7.03. The van der Waals surface area contributed by atoms with Crippen LogP contribution in [-0.2, 0) is 13.6 Å². The largest absolute Gasteiger partial charge is 0.396 e. The van der Waals surface area contributed by atoms with Gasteiger partial charge in [0, 0.05) is 24.9 Å². The van der Waals surface area contributed by atoms with Gasteiger partial charge < -0.3 is 10.4 Å². The van der Waals surface area contributed by atoms with Crippen molar-refractivity contribution in [2.45, 2.75) is 32.3 Å². The lowest BCUT2D eigenvalue weighted by atomic mass is 10.2. The van der Waals surface area contributed by atoms with Crippen LogP contribution in [-0.4, -0.2) is 33.8 Å². The van der Waals surface area contributed by atoms with Gasteiger partial charge in [0.1, 0.15) is 0 Å². The summed E-state index contributed by atoms with van der Waals surface area (Å²) in [5, 5.41) is 17.9. The summed E-state index contributed by atoms with van der Waals surface area (Å²) in [6, 6.07) is 0. The molecule has 1 aromatic rings. The maximum atomic E-state index is 8.90. The second-order valence-corrected chi connectivity index (χ2v) is 5.67. The topological polar surface area (TPSA) is 50.1 Å². The Balaban J connectivity index is 2.67. The van der Waals surface area contributed by atoms with Gasteiger partial charge in [0.2, 0.25) is 0 Å². The average molecular weight is 257 g/mol. The second-order valence-electron chi connectivity index (χ2n) is 4.59. The summed E-state index contributed by atoms with van der Waals surface area (Å²) in [5.74, 6) is 1.37. The minimum Gasteiger partial charge on any atom is -0.396 e. The van der Waals surface area contributed by atoms with Crippen molar-refractivity contribution in [3.8, 4) is 0 Å². The predicted molar refractivity (Wildman–Crippen MR) is 72.3 cm³/mol. The summed E-state index contributed by atoms with van der Waals surface area (Å²) in [4.78, 5) is 0. The van der Waals surface area contributed by atoms with E-state index in [0.29, 0.717) is 5.92 Å². The van der Waals surface area contributed by atoms with E-state index in [4.69, 9.17) is 5.11 Å². The van der Waals surface area contributed by atoms with Gasteiger partial charge in [-0.15, -0.1) is 11.8 Å². The van der Waals surface area contributed by atoms with E-state index in [9.17, 15) is 0 Å². The van der Waals surface area contributed by atoms with Crippen LogP contribution in [0.2, 0.25) is 0 Å². The Bertz CT molecular complexity index is 350. The van der Waals surface area contributed by atoms with Crippen molar-refractivity contribution < 1.29 is 5.11 Å². The molecule has 0 aliphatic carbocycles. The highest BCUT2D eigenvalue weighted by molar-refractivity contribution is 7.99. The van der Waals surface area contributed by atoms with Gasteiger partial charge in [-0.05, 0) is 19.4 Å². The number of nitrogens with one attached hydrogen (secondary N) is 1. The molecule has 0 unspecified atom stereocenters. The number of aryl methyl sites for hydroxylation is 2. The molecule has 0 saturated carbocycles. The summed E-state index contributed by atoms with van der Waals surface area (Å²) in [6.07, 6.45) is 0. The van der Waals surface area contributed by atoms with Crippen LogP contribution >= 0.6 is 11.8 Å². The number of aliphatic hydroxyl groups excluding tert-OH is 1. The van der Waals surface area contributed by atoms with Crippen molar-refractivity contribution in [3.63, 3.8) is 0 Å². The van der Waals surface area contributed by atoms with E-state index in [1.807, 2.05) is 18.7 Å². The molecule has 2 N–H and O–H groups in total. The number of rotatable bonds is 7. The molecule has 1 aromatic heterocycles. The lowest BCUT2D eigenvalue weighted by molar-refractivity contribution is 0.322. The Morgan fingerprint density at radius 1 is 1.47 bits per heavy atom. The summed E-state index contributed by atoms with van der Waals surface area (Å²) >= 11 is 1.66. The SMILES string of the molecule is Cc1nn(C)c(SCCO)c1CNCC(C)C. The number of hydrogen-bond acceptors (Lipinski definition) is 4. The van der Waals surface area contributed by atoms with Gasteiger partial charge in [0.05, 0.1) is 17.3 Å². The molecule has 0 aliphatic heterocycles. The number of nitrogens with zero attached hydrogens (tertiary/aromatic N) is 2. The molecule has 0 aromatic carbocycles. The average Bonchev–Trinajstić information content (AvgIpc) is 2.51. The zero-order valence-electron chi connectivity index (χ0n) is 11.2. The summed E-state index contributed by atoms with van der Waals surface area (Å²) in [5.41, 5.74) is 2.33. The monoisotopic (exact) mass is 257 g/mol. The van der Waals surface area contributed by atoms with E-state index < -0.39 is 0 Å². The molecule has 98 valence electrons. The molecule has 0 saturated heterocycles. The molecule has 0 amide bonds. The number of aliphatic hydroxyl groups is 1. The summed E-state index contributed by atoms with van der Waals surface area (Å²) < 4.78 is 1.90. The van der Waals surface area contributed by atoms with Gasteiger partial charge >= 0.3 is 0 Å². The zero-order chi connectivity index (χ0) is 12.8. The van der Waals surface area contributed by atoms with Gasteiger partial charge in [-0.3, -0.25) is 4.68 Å². The molecule has 5 heteroatoms. The van der Waals surface area contributed by atoms with E-state index >= 15 is 0 Å². The molecule has 17 heavy (non-hydrogen) atoms. The van der Waals surface area contributed by atoms with E-state index in [1.54, 1.807) is 11.8 Å². The lowest BCUT2D eigenvalue weighted by Gasteiger charge is -2.09. The fraction of sp³-hybridized carbons (Fsp3) is 0.750. The van der Waals surface area contributed by atoms with E-state index in [2.05, 4.69) is 24.3 Å². The lowest BCUT2D eigenvalue weighted by Crippen LogP contribution is -2.19. The first-order valence-corrected chi connectivity index (χ1v) is 7.01. The van der Waals surface area contributed by atoms with Crippen LogP contribution in [0.25, 0.3) is 0 Å². The Morgan fingerprint density at radius 3 is 2.76 bits per heavy atom. The smallest absolute Gasteiger partial charge is 0.0985 e. The van der Waals surface area contributed by atoms with E-state index in [1.165, 1.54) is 5.56 Å². The Labute approximate surface area is 108 Å². The minimum atomic E-state index is 0.202. The number of hydrogen-bond donors (Lipinski definition) is 2. The molecule has 0 radical (unpaired) electrons. The van der Waals surface area contributed by atoms with Crippen LogP contribution in [0, 0.1) is 12.8 Å². The highest BCUT2D eigenvalue weighted by Crippen LogP contribution is 2.24. The van der Waals surface area contributed by atoms with Crippen molar-refractivity contribution in [2.75, 3.05) is 18.9 Å². The van der Waals surface area contributed by atoms with Crippen molar-refractivity contribution in [3.05, 3.63) is 11.3 Å². The first kappa shape index (κ1) is 14.5. The van der Waals surface area contributed by atoms with E-state index in [0.717, 1.165) is 29.6 Å². The summed E-state index contributed by atoms with van der Waals surface area (Å²) in [7, 11) is 1.96. The van der Waals surface area contributed by atoms with Crippen molar-refractivity contribution in [2.24, 2.45) is 13.0 Å². The third kappa shape index (κ3) is 4.33. The molecule has 1 rings (SSSR count). The number of thioether (sulfide) groups is 1.